The van der Waals surface area contributed by atoms with E-state index in [4.69, 9.17) is 15.7 Å². The second-order valence-corrected chi connectivity index (χ2v) is 4.43. The van der Waals surface area contributed by atoms with Crippen molar-refractivity contribution < 1.29 is 14.7 Å². The van der Waals surface area contributed by atoms with Gasteiger partial charge in [0.2, 0.25) is 0 Å². The Hall–Kier alpha value is -2.08. The molecule has 1 aliphatic rings. The third kappa shape index (κ3) is 3.45. The zero-order valence-corrected chi connectivity index (χ0v) is 10.5. The van der Waals surface area contributed by atoms with Crippen molar-refractivity contribution in [2.45, 2.75) is 18.9 Å². The van der Waals surface area contributed by atoms with Gasteiger partial charge < -0.3 is 21.0 Å². The lowest BCUT2D eigenvalue weighted by Gasteiger charge is -2.23. The van der Waals surface area contributed by atoms with Crippen LogP contribution in [-0.4, -0.2) is 36.2 Å². The Morgan fingerprint density at radius 2 is 2.05 bits per heavy atom. The smallest absolute Gasteiger partial charge is 0.251 e. The number of ether oxygens (including phenoxy) is 1. The third-order valence-corrected chi connectivity index (χ3v) is 3.08. The Balaban J connectivity index is 2.06. The molecule has 1 saturated heterocycles. The van der Waals surface area contributed by atoms with E-state index in [1.54, 1.807) is 24.3 Å². The van der Waals surface area contributed by atoms with Gasteiger partial charge in [-0.05, 0) is 25.0 Å². The number of amidine groups is 1. The van der Waals surface area contributed by atoms with Crippen LogP contribution in [0.4, 0.5) is 0 Å². The summed E-state index contributed by atoms with van der Waals surface area (Å²) in [5.41, 5.74) is 6.51. The molecule has 1 fully saturated rings. The van der Waals surface area contributed by atoms with Crippen LogP contribution in [0.25, 0.3) is 0 Å². The molecule has 0 aromatic heterocycles. The number of nitrogens with zero attached hydrogens (tertiary/aromatic N) is 1. The molecule has 1 aromatic rings. The van der Waals surface area contributed by atoms with Crippen molar-refractivity contribution >= 4 is 11.7 Å². The standard InChI is InChI=1S/C13H17N3O3/c14-12(16-18)9-2-1-3-10(8-9)13(17)15-11-4-6-19-7-5-11/h1-3,8,11,18H,4-7H2,(H2,14,16)(H,15,17). The van der Waals surface area contributed by atoms with Crippen molar-refractivity contribution in [3.63, 3.8) is 0 Å². The summed E-state index contributed by atoms with van der Waals surface area (Å²) >= 11 is 0. The average molecular weight is 263 g/mol. The van der Waals surface area contributed by atoms with Crippen LogP contribution in [-0.2, 0) is 4.74 Å². The first-order valence-corrected chi connectivity index (χ1v) is 6.17. The summed E-state index contributed by atoms with van der Waals surface area (Å²) in [4.78, 5) is 12.1. The molecule has 0 atom stereocenters. The minimum absolute atomic E-state index is 0.0132. The molecule has 0 saturated carbocycles. The van der Waals surface area contributed by atoms with Crippen LogP contribution in [0.3, 0.4) is 0 Å². The monoisotopic (exact) mass is 263 g/mol. The Morgan fingerprint density at radius 1 is 1.37 bits per heavy atom. The molecule has 0 bridgehead atoms. The van der Waals surface area contributed by atoms with Crippen molar-refractivity contribution in [3.05, 3.63) is 35.4 Å². The Morgan fingerprint density at radius 3 is 2.74 bits per heavy atom. The average Bonchev–Trinajstić information content (AvgIpc) is 2.47. The number of carbonyl (C=O) groups is 1. The Bertz CT molecular complexity index is 482. The highest BCUT2D eigenvalue weighted by Crippen LogP contribution is 2.09. The van der Waals surface area contributed by atoms with E-state index in [1.165, 1.54) is 0 Å². The van der Waals surface area contributed by atoms with Crippen molar-refractivity contribution in [2.75, 3.05) is 13.2 Å². The van der Waals surface area contributed by atoms with Crippen molar-refractivity contribution in [3.8, 4) is 0 Å². The number of carbonyl (C=O) groups excluding carboxylic acids is 1. The maximum Gasteiger partial charge on any atom is 0.251 e. The predicted molar refractivity (Wildman–Crippen MR) is 70.3 cm³/mol. The Labute approximate surface area is 111 Å². The summed E-state index contributed by atoms with van der Waals surface area (Å²) in [6, 6.07) is 6.83. The van der Waals surface area contributed by atoms with E-state index < -0.39 is 0 Å². The lowest BCUT2D eigenvalue weighted by molar-refractivity contribution is 0.0696. The molecule has 1 heterocycles. The highest BCUT2D eigenvalue weighted by Gasteiger charge is 2.17. The SMILES string of the molecule is N/C(=N\O)c1cccc(C(=O)NC2CCOCC2)c1. The van der Waals surface area contributed by atoms with Gasteiger partial charge in [-0.1, -0.05) is 17.3 Å². The van der Waals surface area contributed by atoms with Crippen LogP contribution in [0.2, 0.25) is 0 Å². The van der Waals surface area contributed by atoms with Crippen LogP contribution >= 0.6 is 0 Å². The minimum Gasteiger partial charge on any atom is -0.409 e. The second kappa shape index (κ2) is 6.19. The van der Waals surface area contributed by atoms with E-state index in [0.29, 0.717) is 24.3 Å². The first kappa shape index (κ1) is 13.4. The van der Waals surface area contributed by atoms with Crippen LogP contribution in [0, 0.1) is 0 Å². The fourth-order valence-electron chi connectivity index (χ4n) is 1.99. The van der Waals surface area contributed by atoms with Gasteiger partial charge in [0.15, 0.2) is 5.84 Å². The largest absolute Gasteiger partial charge is 0.409 e. The third-order valence-electron chi connectivity index (χ3n) is 3.08. The van der Waals surface area contributed by atoms with Gasteiger partial charge in [-0.15, -0.1) is 0 Å². The number of benzene rings is 1. The molecule has 19 heavy (non-hydrogen) atoms. The fraction of sp³-hybridized carbons (Fsp3) is 0.385. The van der Waals surface area contributed by atoms with E-state index >= 15 is 0 Å². The van der Waals surface area contributed by atoms with Crippen molar-refractivity contribution in [1.82, 2.24) is 5.32 Å². The summed E-state index contributed by atoms with van der Waals surface area (Å²) in [5, 5.41) is 14.5. The molecule has 0 spiro atoms. The van der Waals surface area contributed by atoms with Crippen LogP contribution in [0.15, 0.2) is 29.4 Å². The number of nitrogens with two attached hydrogens (primary N) is 1. The zero-order chi connectivity index (χ0) is 13.7. The van der Waals surface area contributed by atoms with Crippen LogP contribution in [0.5, 0.6) is 0 Å². The summed E-state index contributed by atoms with van der Waals surface area (Å²) in [7, 11) is 0. The van der Waals surface area contributed by atoms with E-state index in [-0.39, 0.29) is 17.8 Å². The summed E-state index contributed by atoms with van der Waals surface area (Å²) in [5.74, 6) is -0.166. The number of hydrogen-bond acceptors (Lipinski definition) is 4. The highest BCUT2D eigenvalue weighted by molar-refractivity contribution is 6.01. The lowest BCUT2D eigenvalue weighted by atomic mass is 10.1. The maximum absolute atomic E-state index is 12.1. The molecule has 1 amide bonds. The topological polar surface area (TPSA) is 96.9 Å². The van der Waals surface area contributed by atoms with E-state index in [0.717, 1.165) is 12.8 Å². The van der Waals surface area contributed by atoms with Gasteiger partial charge in [-0.3, -0.25) is 4.79 Å². The molecular formula is C13H17N3O3. The van der Waals surface area contributed by atoms with Gasteiger partial charge in [0.05, 0.1) is 0 Å². The zero-order valence-electron chi connectivity index (χ0n) is 10.5. The molecule has 4 N–H and O–H groups in total. The number of amides is 1. The maximum atomic E-state index is 12.1. The molecule has 0 aliphatic carbocycles. The molecule has 2 rings (SSSR count). The fourth-order valence-corrected chi connectivity index (χ4v) is 1.99. The summed E-state index contributed by atoms with van der Waals surface area (Å²) < 4.78 is 5.24. The molecular weight excluding hydrogens is 246 g/mol. The summed E-state index contributed by atoms with van der Waals surface area (Å²) in [6.45, 7) is 1.35. The molecule has 1 aliphatic heterocycles. The molecule has 102 valence electrons. The number of rotatable bonds is 3. The predicted octanol–water partition coefficient (Wildman–Crippen LogP) is 0.690. The molecule has 0 radical (unpaired) electrons. The van der Waals surface area contributed by atoms with Gasteiger partial charge >= 0.3 is 0 Å². The van der Waals surface area contributed by atoms with E-state index in [9.17, 15) is 4.79 Å². The van der Waals surface area contributed by atoms with Crippen molar-refractivity contribution in [2.24, 2.45) is 10.9 Å². The number of oxime groups is 1. The molecule has 0 unspecified atom stereocenters. The van der Waals surface area contributed by atoms with E-state index in [1.807, 2.05) is 0 Å². The van der Waals surface area contributed by atoms with Gasteiger partial charge in [-0.25, -0.2) is 0 Å². The number of hydrogen-bond donors (Lipinski definition) is 3. The second-order valence-electron chi connectivity index (χ2n) is 4.43. The first-order valence-electron chi connectivity index (χ1n) is 6.17. The minimum atomic E-state index is -0.153. The molecule has 1 aromatic carbocycles. The summed E-state index contributed by atoms with van der Waals surface area (Å²) in [6.07, 6.45) is 1.65. The normalized spacial score (nSPS) is 17.2. The van der Waals surface area contributed by atoms with Gasteiger partial charge in [0, 0.05) is 30.4 Å². The van der Waals surface area contributed by atoms with Crippen LogP contribution < -0.4 is 11.1 Å². The van der Waals surface area contributed by atoms with Gasteiger partial charge in [-0.2, -0.15) is 0 Å². The first-order chi connectivity index (χ1) is 9.20. The van der Waals surface area contributed by atoms with Crippen LogP contribution in [0.1, 0.15) is 28.8 Å². The quantitative estimate of drug-likeness (QED) is 0.323. The van der Waals surface area contributed by atoms with Crippen molar-refractivity contribution in [1.29, 1.82) is 0 Å². The van der Waals surface area contributed by atoms with E-state index in [2.05, 4.69) is 10.5 Å². The highest BCUT2D eigenvalue weighted by atomic mass is 16.5. The lowest BCUT2D eigenvalue weighted by Crippen LogP contribution is -2.38. The Kier molecular flexibility index (Phi) is 4.35. The molecule has 6 nitrogen and oxygen atoms in total. The van der Waals surface area contributed by atoms with Gasteiger partial charge in [0.25, 0.3) is 5.91 Å². The van der Waals surface area contributed by atoms with Gasteiger partial charge in [0.1, 0.15) is 0 Å². The number of nitrogens with one attached hydrogen (secondary N) is 1. The molecule has 6 heteroatoms.